The van der Waals surface area contributed by atoms with Crippen LogP contribution >= 0.6 is 0 Å². The standard InChI is InChI=1S/C14H20N2O/c1-11(16-10-9-13(15)14(16)17)7-8-12-5-3-2-4-6-12/h2-6,11,13H,7-10,15H2,1H3. The summed E-state index contributed by atoms with van der Waals surface area (Å²) in [5.41, 5.74) is 7.05. The van der Waals surface area contributed by atoms with Gasteiger partial charge in [-0.15, -0.1) is 0 Å². The number of hydrogen-bond acceptors (Lipinski definition) is 2. The van der Waals surface area contributed by atoms with Crippen LogP contribution in [-0.2, 0) is 11.2 Å². The van der Waals surface area contributed by atoms with Crippen molar-refractivity contribution in [2.45, 2.75) is 38.3 Å². The van der Waals surface area contributed by atoms with Crippen LogP contribution in [0.3, 0.4) is 0 Å². The van der Waals surface area contributed by atoms with Gasteiger partial charge >= 0.3 is 0 Å². The maximum absolute atomic E-state index is 11.8. The molecule has 1 heterocycles. The van der Waals surface area contributed by atoms with Crippen molar-refractivity contribution >= 4 is 5.91 Å². The SMILES string of the molecule is CC(CCc1ccccc1)N1CCC(N)C1=O. The lowest BCUT2D eigenvalue weighted by molar-refractivity contribution is -0.130. The molecule has 3 nitrogen and oxygen atoms in total. The second-order valence-electron chi connectivity index (χ2n) is 4.80. The second-order valence-corrected chi connectivity index (χ2v) is 4.80. The number of likely N-dealkylation sites (tertiary alicyclic amines) is 1. The minimum atomic E-state index is -0.269. The quantitative estimate of drug-likeness (QED) is 0.856. The van der Waals surface area contributed by atoms with Crippen molar-refractivity contribution in [1.29, 1.82) is 0 Å². The van der Waals surface area contributed by atoms with Crippen LogP contribution in [0.1, 0.15) is 25.3 Å². The smallest absolute Gasteiger partial charge is 0.239 e. The molecule has 3 heteroatoms. The van der Waals surface area contributed by atoms with Gasteiger partial charge in [0.1, 0.15) is 0 Å². The molecule has 1 saturated heterocycles. The third-order valence-electron chi connectivity index (χ3n) is 3.51. The van der Waals surface area contributed by atoms with Gasteiger partial charge in [0.05, 0.1) is 6.04 Å². The minimum Gasteiger partial charge on any atom is -0.339 e. The van der Waals surface area contributed by atoms with Crippen LogP contribution < -0.4 is 5.73 Å². The summed E-state index contributed by atoms with van der Waals surface area (Å²) in [5, 5.41) is 0. The van der Waals surface area contributed by atoms with Crippen molar-refractivity contribution < 1.29 is 4.79 Å². The number of nitrogens with two attached hydrogens (primary N) is 1. The van der Waals surface area contributed by atoms with Crippen molar-refractivity contribution in [2.24, 2.45) is 5.73 Å². The highest BCUT2D eigenvalue weighted by atomic mass is 16.2. The molecule has 0 saturated carbocycles. The molecule has 2 unspecified atom stereocenters. The Kier molecular flexibility index (Phi) is 3.79. The molecule has 92 valence electrons. The van der Waals surface area contributed by atoms with E-state index in [0.29, 0.717) is 0 Å². The highest BCUT2D eigenvalue weighted by Crippen LogP contribution is 2.16. The Bertz CT molecular complexity index is 377. The van der Waals surface area contributed by atoms with Crippen molar-refractivity contribution in [3.05, 3.63) is 35.9 Å². The van der Waals surface area contributed by atoms with E-state index in [1.807, 2.05) is 11.0 Å². The highest BCUT2D eigenvalue weighted by Gasteiger charge is 2.31. The molecule has 2 rings (SSSR count). The van der Waals surface area contributed by atoms with E-state index < -0.39 is 0 Å². The predicted octanol–water partition coefficient (Wildman–Crippen LogP) is 1.57. The average molecular weight is 232 g/mol. The summed E-state index contributed by atoms with van der Waals surface area (Å²) >= 11 is 0. The monoisotopic (exact) mass is 232 g/mol. The fourth-order valence-corrected chi connectivity index (χ4v) is 2.34. The zero-order valence-corrected chi connectivity index (χ0v) is 10.3. The number of carbonyl (C=O) groups is 1. The fraction of sp³-hybridized carbons (Fsp3) is 0.500. The maximum atomic E-state index is 11.8. The molecule has 2 atom stereocenters. The molecular formula is C14H20N2O. The van der Waals surface area contributed by atoms with Crippen LogP contribution in [0.2, 0.25) is 0 Å². The van der Waals surface area contributed by atoms with E-state index in [4.69, 9.17) is 5.73 Å². The Morgan fingerprint density at radius 1 is 1.41 bits per heavy atom. The fourth-order valence-electron chi connectivity index (χ4n) is 2.34. The lowest BCUT2D eigenvalue weighted by Gasteiger charge is -2.24. The van der Waals surface area contributed by atoms with Crippen LogP contribution in [0.15, 0.2) is 30.3 Å². The molecule has 2 N–H and O–H groups in total. The molecule has 0 spiro atoms. The number of rotatable bonds is 4. The van der Waals surface area contributed by atoms with E-state index in [2.05, 4.69) is 31.2 Å². The maximum Gasteiger partial charge on any atom is 0.239 e. The first-order chi connectivity index (χ1) is 8.18. The van der Waals surface area contributed by atoms with E-state index >= 15 is 0 Å². The summed E-state index contributed by atoms with van der Waals surface area (Å²) in [6, 6.07) is 10.4. The normalized spacial score (nSPS) is 21.9. The van der Waals surface area contributed by atoms with Gasteiger partial charge in [-0.2, -0.15) is 0 Å². The molecule has 1 aliphatic rings. The van der Waals surface area contributed by atoms with E-state index in [9.17, 15) is 4.79 Å². The first kappa shape index (κ1) is 12.1. The van der Waals surface area contributed by atoms with Gasteiger partial charge in [-0.25, -0.2) is 0 Å². The molecule has 0 aromatic heterocycles. The first-order valence-corrected chi connectivity index (χ1v) is 6.28. The minimum absolute atomic E-state index is 0.116. The summed E-state index contributed by atoms with van der Waals surface area (Å²) < 4.78 is 0. The first-order valence-electron chi connectivity index (χ1n) is 6.28. The predicted molar refractivity (Wildman–Crippen MR) is 68.5 cm³/mol. The molecule has 1 aromatic carbocycles. The topological polar surface area (TPSA) is 46.3 Å². The zero-order chi connectivity index (χ0) is 12.3. The van der Waals surface area contributed by atoms with Crippen LogP contribution in [-0.4, -0.2) is 29.4 Å². The Labute approximate surface area is 103 Å². The van der Waals surface area contributed by atoms with Gasteiger partial charge < -0.3 is 10.6 Å². The Hall–Kier alpha value is -1.35. The largest absolute Gasteiger partial charge is 0.339 e. The van der Waals surface area contributed by atoms with Gasteiger partial charge in [-0.1, -0.05) is 30.3 Å². The molecular weight excluding hydrogens is 212 g/mol. The van der Waals surface area contributed by atoms with E-state index in [0.717, 1.165) is 25.8 Å². The molecule has 0 bridgehead atoms. The highest BCUT2D eigenvalue weighted by molar-refractivity contribution is 5.83. The van der Waals surface area contributed by atoms with Crippen LogP contribution in [0.4, 0.5) is 0 Å². The third kappa shape index (κ3) is 2.86. The van der Waals surface area contributed by atoms with Gasteiger partial charge in [-0.05, 0) is 31.7 Å². The second kappa shape index (κ2) is 5.32. The van der Waals surface area contributed by atoms with Crippen molar-refractivity contribution in [1.82, 2.24) is 4.90 Å². The average Bonchev–Trinajstić information content (AvgIpc) is 2.69. The Balaban J connectivity index is 1.86. The Morgan fingerprint density at radius 2 is 2.12 bits per heavy atom. The summed E-state index contributed by atoms with van der Waals surface area (Å²) in [4.78, 5) is 13.7. The molecule has 1 fully saturated rings. The van der Waals surface area contributed by atoms with Crippen LogP contribution in [0.5, 0.6) is 0 Å². The number of hydrogen-bond donors (Lipinski definition) is 1. The number of carbonyl (C=O) groups excluding carboxylic acids is 1. The molecule has 17 heavy (non-hydrogen) atoms. The van der Waals surface area contributed by atoms with Crippen molar-refractivity contribution in [2.75, 3.05) is 6.54 Å². The zero-order valence-electron chi connectivity index (χ0n) is 10.3. The number of nitrogens with zero attached hydrogens (tertiary/aromatic N) is 1. The summed E-state index contributed by atoms with van der Waals surface area (Å²) in [7, 11) is 0. The molecule has 0 radical (unpaired) electrons. The van der Waals surface area contributed by atoms with Gasteiger partial charge in [0.15, 0.2) is 0 Å². The summed E-state index contributed by atoms with van der Waals surface area (Å²) in [6.45, 7) is 2.93. The number of benzene rings is 1. The molecule has 1 aliphatic heterocycles. The molecule has 0 aliphatic carbocycles. The number of amides is 1. The van der Waals surface area contributed by atoms with Gasteiger partial charge in [0.2, 0.25) is 5.91 Å². The van der Waals surface area contributed by atoms with Gasteiger partial charge in [0, 0.05) is 12.6 Å². The summed E-state index contributed by atoms with van der Waals surface area (Å²) in [5.74, 6) is 0.116. The van der Waals surface area contributed by atoms with E-state index in [1.54, 1.807) is 0 Å². The molecule has 1 aromatic rings. The lowest BCUT2D eigenvalue weighted by Crippen LogP contribution is -2.39. The van der Waals surface area contributed by atoms with Gasteiger partial charge in [-0.3, -0.25) is 4.79 Å². The van der Waals surface area contributed by atoms with Gasteiger partial charge in [0.25, 0.3) is 0 Å². The van der Waals surface area contributed by atoms with E-state index in [-0.39, 0.29) is 18.0 Å². The third-order valence-corrected chi connectivity index (χ3v) is 3.51. The van der Waals surface area contributed by atoms with Crippen LogP contribution in [0, 0.1) is 0 Å². The summed E-state index contributed by atoms with van der Waals surface area (Å²) in [6.07, 6.45) is 2.82. The van der Waals surface area contributed by atoms with Crippen molar-refractivity contribution in [3.8, 4) is 0 Å². The molecule has 1 amide bonds. The Morgan fingerprint density at radius 3 is 2.71 bits per heavy atom. The van der Waals surface area contributed by atoms with E-state index in [1.165, 1.54) is 5.56 Å². The van der Waals surface area contributed by atoms with Crippen LogP contribution in [0.25, 0.3) is 0 Å². The lowest BCUT2D eigenvalue weighted by atomic mass is 10.1. The van der Waals surface area contributed by atoms with Crippen molar-refractivity contribution in [3.63, 3.8) is 0 Å². The number of aryl methyl sites for hydroxylation is 1.